The van der Waals surface area contributed by atoms with E-state index in [0.29, 0.717) is 23.2 Å². The summed E-state index contributed by atoms with van der Waals surface area (Å²) in [4.78, 5) is 16.5. The van der Waals surface area contributed by atoms with E-state index >= 15 is 0 Å². The fraction of sp³-hybridized carbons (Fsp3) is 0.333. The number of aromatic nitrogens is 1. The van der Waals surface area contributed by atoms with Crippen LogP contribution in [0.3, 0.4) is 0 Å². The molecule has 2 rings (SSSR count). The highest BCUT2D eigenvalue weighted by atomic mass is 35.5. The second-order valence-electron chi connectivity index (χ2n) is 4.22. The smallest absolute Gasteiger partial charge is 0.411 e. The van der Waals surface area contributed by atoms with Crippen LogP contribution in [0.5, 0.6) is 0 Å². The number of nitrogens with zero attached hydrogens (tertiary/aromatic N) is 2. The number of carboxylic acid groups (broad SMARTS) is 1. The third-order valence-corrected chi connectivity index (χ3v) is 2.94. The lowest BCUT2D eigenvalue weighted by Gasteiger charge is -2.29. The zero-order valence-electron chi connectivity index (χ0n) is 9.43. The number of halogens is 1. The molecule has 17 heavy (non-hydrogen) atoms. The number of pyridine rings is 1. The summed E-state index contributed by atoms with van der Waals surface area (Å²) in [6, 6.07) is 1.73. The minimum atomic E-state index is -0.942. The van der Waals surface area contributed by atoms with Crippen LogP contribution in [0.4, 0.5) is 4.79 Å². The van der Waals surface area contributed by atoms with Crippen molar-refractivity contribution in [3.63, 3.8) is 0 Å². The van der Waals surface area contributed by atoms with Gasteiger partial charge in [0.2, 0.25) is 0 Å². The summed E-state index contributed by atoms with van der Waals surface area (Å²) in [5, 5.41) is 9.70. The summed E-state index contributed by atoms with van der Waals surface area (Å²) in [5.74, 6) is 0.335. The number of hydrogen-bond donors (Lipinski definition) is 1. The molecule has 0 saturated carbocycles. The molecule has 1 aliphatic rings. The predicted octanol–water partition coefficient (Wildman–Crippen LogP) is 3.10. The fourth-order valence-electron chi connectivity index (χ4n) is 1.91. The van der Waals surface area contributed by atoms with Crippen LogP contribution in [0.25, 0.3) is 5.70 Å². The fourth-order valence-corrected chi connectivity index (χ4v) is 2.09. The van der Waals surface area contributed by atoms with Crippen molar-refractivity contribution >= 4 is 23.4 Å². The second-order valence-corrected chi connectivity index (χ2v) is 4.65. The van der Waals surface area contributed by atoms with Gasteiger partial charge in [-0.1, -0.05) is 24.6 Å². The van der Waals surface area contributed by atoms with Gasteiger partial charge < -0.3 is 5.11 Å². The second kappa shape index (κ2) is 4.75. The first kappa shape index (κ1) is 11.9. The minimum Gasteiger partial charge on any atom is -0.465 e. The number of hydrogen-bond acceptors (Lipinski definition) is 2. The van der Waals surface area contributed by atoms with Crippen molar-refractivity contribution in [2.75, 3.05) is 6.54 Å². The summed E-state index contributed by atoms with van der Waals surface area (Å²) in [5.41, 5.74) is 1.41. The van der Waals surface area contributed by atoms with Gasteiger partial charge in [0.25, 0.3) is 0 Å². The van der Waals surface area contributed by atoms with Gasteiger partial charge in [0.15, 0.2) is 0 Å². The Morgan fingerprint density at radius 3 is 3.00 bits per heavy atom. The maximum Gasteiger partial charge on any atom is 0.411 e. The van der Waals surface area contributed by atoms with Crippen LogP contribution in [0, 0.1) is 5.92 Å². The van der Waals surface area contributed by atoms with Gasteiger partial charge in [-0.25, -0.2) is 4.79 Å². The monoisotopic (exact) mass is 252 g/mol. The molecule has 90 valence electrons. The summed E-state index contributed by atoms with van der Waals surface area (Å²) in [6.07, 6.45) is 5.01. The number of rotatable bonds is 1. The molecule has 1 aromatic heterocycles. The number of amides is 1. The van der Waals surface area contributed by atoms with Gasteiger partial charge in [-0.2, -0.15) is 0 Å². The van der Waals surface area contributed by atoms with Crippen molar-refractivity contribution in [3.05, 3.63) is 35.1 Å². The maximum atomic E-state index is 11.2. The highest BCUT2D eigenvalue weighted by Crippen LogP contribution is 2.28. The van der Waals surface area contributed by atoms with Gasteiger partial charge in [0, 0.05) is 24.5 Å². The molecule has 0 saturated heterocycles. The van der Waals surface area contributed by atoms with E-state index in [-0.39, 0.29) is 0 Å². The average Bonchev–Trinajstić information content (AvgIpc) is 2.28. The van der Waals surface area contributed by atoms with Crippen molar-refractivity contribution < 1.29 is 9.90 Å². The molecule has 4 nitrogen and oxygen atoms in total. The van der Waals surface area contributed by atoms with Crippen LogP contribution in [0.1, 0.15) is 18.9 Å². The molecule has 1 atom stereocenters. The van der Waals surface area contributed by atoms with E-state index in [4.69, 9.17) is 11.6 Å². The standard InChI is InChI=1S/C12H13ClN2O2/c1-8-2-3-11(15(7-8)12(16)17)9-4-10(13)6-14-5-9/h3-6,8H,2,7H2,1H3,(H,16,17)/t8-/m0/s1. The van der Waals surface area contributed by atoms with Gasteiger partial charge in [-0.3, -0.25) is 9.88 Å². The summed E-state index contributed by atoms with van der Waals surface area (Å²) >= 11 is 5.86. The highest BCUT2D eigenvalue weighted by Gasteiger charge is 2.24. The molecular weight excluding hydrogens is 240 g/mol. The molecular formula is C12H13ClN2O2. The molecule has 0 radical (unpaired) electrons. The first-order valence-electron chi connectivity index (χ1n) is 5.39. The largest absolute Gasteiger partial charge is 0.465 e. The molecule has 1 aliphatic heterocycles. The third-order valence-electron chi connectivity index (χ3n) is 2.73. The lowest BCUT2D eigenvalue weighted by atomic mass is 9.99. The summed E-state index contributed by atoms with van der Waals surface area (Å²) < 4.78 is 0. The van der Waals surface area contributed by atoms with Gasteiger partial charge in [-0.15, -0.1) is 0 Å². The predicted molar refractivity (Wildman–Crippen MR) is 65.7 cm³/mol. The Kier molecular flexibility index (Phi) is 3.33. The van der Waals surface area contributed by atoms with Crippen LogP contribution in [-0.2, 0) is 0 Å². The Labute approximate surface area is 105 Å². The summed E-state index contributed by atoms with van der Waals surface area (Å²) in [6.45, 7) is 2.53. The molecule has 0 aromatic carbocycles. The van der Waals surface area contributed by atoms with Gasteiger partial charge >= 0.3 is 6.09 Å². The molecule has 5 heteroatoms. The van der Waals surface area contributed by atoms with Crippen LogP contribution >= 0.6 is 11.6 Å². The maximum absolute atomic E-state index is 11.2. The van der Waals surface area contributed by atoms with E-state index in [2.05, 4.69) is 4.98 Å². The lowest BCUT2D eigenvalue weighted by Crippen LogP contribution is -2.34. The van der Waals surface area contributed by atoms with Gasteiger partial charge in [0.1, 0.15) is 0 Å². The van der Waals surface area contributed by atoms with E-state index in [9.17, 15) is 9.90 Å². The summed E-state index contributed by atoms with van der Waals surface area (Å²) in [7, 11) is 0. The van der Waals surface area contributed by atoms with Crippen molar-refractivity contribution in [2.24, 2.45) is 5.92 Å². The van der Waals surface area contributed by atoms with Crippen LogP contribution < -0.4 is 0 Å². The topological polar surface area (TPSA) is 53.4 Å². The van der Waals surface area contributed by atoms with Crippen molar-refractivity contribution in [1.82, 2.24) is 9.88 Å². The molecule has 0 fully saturated rings. The highest BCUT2D eigenvalue weighted by molar-refractivity contribution is 6.30. The zero-order chi connectivity index (χ0) is 12.4. The Balaban J connectivity index is 2.38. The molecule has 0 unspecified atom stereocenters. The Morgan fingerprint density at radius 2 is 2.35 bits per heavy atom. The van der Waals surface area contributed by atoms with E-state index in [1.165, 1.54) is 11.1 Å². The van der Waals surface area contributed by atoms with Gasteiger partial charge in [0.05, 0.1) is 10.7 Å². The third kappa shape index (κ3) is 2.58. The molecule has 0 aliphatic carbocycles. The van der Waals surface area contributed by atoms with Crippen molar-refractivity contribution in [1.29, 1.82) is 0 Å². The lowest BCUT2D eigenvalue weighted by molar-refractivity contribution is 0.159. The number of allylic oxidation sites excluding steroid dienone is 1. The first-order valence-corrected chi connectivity index (χ1v) is 5.77. The van der Waals surface area contributed by atoms with E-state index in [1.807, 2.05) is 13.0 Å². The van der Waals surface area contributed by atoms with Crippen LogP contribution in [0.15, 0.2) is 24.5 Å². The van der Waals surface area contributed by atoms with Crippen LogP contribution in [-0.4, -0.2) is 27.6 Å². The van der Waals surface area contributed by atoms with Crippen LogP contribution in [0.2, 0.25) is 5.02 Å². The van der Waals surface area contributed by atoms with E-state index < -0.39 is 6.09 Å². The molecule has 0 bridgehead atoms. The Hall–Kier alpha value is -1.55. The van der Waals surface area contributed by atoms with E-state index in [0.717, 1.165) is 12.0 Å². The quantitative estimate of drug-likeness (QED) is 0.836. The average molecular weight is 253 g/mol. The Bertz CT molecular complexity index is 473. The van der Waals surface area contributed by atoms with Gasteiger partial charge in [-0.05, 0) is 18.4 Å². The molecule has 1 amide bonds. The normalized spacial score (nSPS) is 20.0. The Morgan fingerprint density at radius 1 is 1.59 bits per heavy atom. The van der Waals surface area contributed by atoms with Crippen molar-refractivity contribution in [2.45, 2.75) is 13.3 Å². The molecule has 1 aromatic rings. The number of carbonyl (C=O) groups is 1. The molecule has 1 N–H and O–H groups in total. The zero-order valence-corrected chi connectivity index (χ0v) is 10.2. The molecule has 0 spiro atoms. The van der Waals surface area contributed by atoms with E-state index in [1.54, 1.807) is 12.3 Å². The minimum absolute atomic E-state index is 0.335. The SMILES string of the molecule is C[C@H]1CC=C(c2cncc(Cl)c2)N(C(=O)O)C1. The van der Waals surface area contributed by atoms with Crippen molar-refractivity contribution in [3.8, 4) is 0 Å². The molecule has 2 heterocycles. The first-order chi connectivity index (χ1) is 8.08.